The smallest absolute Gasteiger partial charge is 0.252 e. The van der Waals surface area contributed by atoms with Gasteiger partial charge in [0, 0.05) is 55.9 Å². The fourth-order valence-corrected chi connectivity index (χ4v) is 12.8. The summed E-state index contributed by atoms with van der Waals surface area (Å²) in [5, 5.41) is 2.51. The molecule has 0 bridgehead atoms. The maximum absolute atomic E-state index is 2.72. The van der Waals surface area contributed by atoms with Crippen LogP contribution in [0.25, 0.3) is 72.0 Å². The van der Waals surface area contributed by atoms with Crippen molar-refractivity contribution in [3.63, 3.8) is 0 Å². The number of aryl methyl sites for hydroxylation is 1. The molecular formula is C74H60BN3. The highest BCUT2D eigenvalue weighted by Crippen LogP contribution is 2.53. The minimum atomic E-state index is -0.216. The molecule has 0 aliphatic carbocycles. The molecule has 0 saturated carbocycles. The molecule has 11 aromatic carbocycles. The van der Waals surface area contributed by atoms with Crippen LogP contribution in [0.5, 0.6) is 0 Å². The molecule has 12 aromatic rings. The van der Waals surface area contributed by atoms with Gasteiger partial charge in [0.15, 0.2) is 0 Å². The summed E-state index contributed by atoms with van der Waals surface area (Å²) >= 11 is 0. The van der Waals surface area contributed by atoms with Crippen LogP contribution in [0.3, 0.4) is 0 Å². The number of benzene rings is 11. The van der Waals surface area contributed by atoms with Crippen molar-refractivity contribution in [1.29, 1.82) is 0 Å². The van der Waals surface area contributed by atoms with Crippen molar-refractivity contribution >= 4 is 79.0 Å². The summed E-state index contributed by atoms with van der Waals surface area (Å²) in [6.45, 7) is 9.34. The van der Waals surface area contributed by atoms with Crippen molar-refractivity contribution in [3.05, 3.63) is 266 Å². The Morgan fingerprint density at radius 3 is 1.44 bits per heavy atom. The molecule has 4 heteroatoms. The van der Waals surface area contributed by atoms with Gasteiger partial charge in [0.25, 0.3) is 6.71 Å². The second-order valence-corrected chi connectivity index (χ2v) is 22.3. The molecule has 0 fully saturated rings. The van der Waals surface area contributed by atoms with E-state index in [1.54, 1.807) is 0 Å². The van der Waals surface area contributed by atoms with Crippen LogP contribution in [-0.4, -0.2) is 11.3 Å². The van der Waals surface area contributed by atoms with Gasteiger partial charge in [-0.15, -0.1) is 0 Å². The third-order valence-electron chi connectivity index (χ3n) is 16.5. The summed E-state index contributed by atoms with van der Waals surface area (Å²) in [6.07, 6.45) is 3.13. The Bertz CT molecular complexity index is 4120. The average Bonchev–Trinajstić information content (AvgIpc) is 3.95. The minimum Gasteiger partial charge on any atom is -0.310 e. The van der Waals surface area contributed by atoms with Gasteiger partial charge in [-0.05, 0) is 116 Å². The van der Waals surface area contributed by atoms with Crippen molar-refractivity contribution in [1.82, 2.24) is 4.57 Å². The Hall–Kier alpha value is -9.12. The van der Waals surface area contributed by atoms with Crippen LogP contribution in [0.15, 0.2) is 255 Å². The fraction of sp³-hybridized carbons (Fsp3) is 0.108. The van der Waals surface area contributed by atoms with Crippen LogP contribution in [0, 0.1) is 0 Å². The molecule has 0 saturated heterocycles. The number of nitrogens with zero attached hydrogens (tertiary/aromatic N) is 3. The number of aromatic nitrogens is 1. The number of hydrogen-bond acceptors (Lipinski definition) is 2. The summed E-state index contributed by atoms with van der Waals surface area (Å²) in [7, 11) is 0. The Kier molecular flexibility index (Phi) is 11.6. The van der Waals surface area contributed by atoms with Crippen molar-refractivity contribution in [2.75, 3.05) is 9.80 Å². The van der Waals surface area contributed by atoms with Gasteiger partial charge < -0.3 is 14.4 Å². The second kappa shape index (κ2) is 19.2. The van der Waals surface area contributed by atoms with Crippen LogP contribution in [0.4, 0.5) is 34.1 Å². The maximum Gasteiger partial charge on any atom is 0.252 e. The van der Waals surface area contributed by atoms with E-state index in [1.807, 2.05) is 0 Å². The molecule has 3 heterocycles. The lowest BCUT2D eigenvalue weighted by Crippen LogP contribution is -2.61. The van der Waals surface area contributed by atoms with Crippen LogP contribution >= 0.6 is 0 Å². The fourth-order valence-electron chi connectivity index (χ4n) is 12.8. The number of fused-ring (bicyclic) bond motifs is 7. The molecule has 3 nitrogen and oxygen atoms in total. The Morgan fingerprint density at radius 1 is 0.385 bits per heavy atom. The highest BCUT2D eigenvalue weighted by Gasteiger charge is 2.46. The van der Waals surface area contributed by atoms with E-state index in [2.05, 4.69) is 297 Å². The van der Waals surface area contributed by atoms with Gasteiger partial charge in [0.05, 0.1) is 22.4 Å². The van der Waals surface area contributed by atoms with E-state index in [9.17, 15) is 0 Å². The molecule has 0 atom stereocenters. The predicted molar refractivity (Wildman–Crippen MR) is 334 cm³/mol. The third kappa shape index (κ3) is 7.80. The molecule has 2 aliphatic rings. The topological polar surface area (TPSA) is 11.4 Å². The van der Waals surface area contributed by atoms with Gasteiger partial charge in [-0.1, -0.05) is 246 Å². The zero-order valence-electron chi connectivity index (χ0n) is 44.8. The molecule has 0 amide bonds. The van der Waals surface area contributed by atoms with Crippen molar-refractivity contribution in [2.24, 2.45) is 0 Å². The molecule has 0 spiro atoms. The van der Waals surface area contributed by atoms with E-state index < -0.39 is 0 Å². The van der Waals surface area contributed by atoms with Gasteiger partial charge in [-0.25, -0.2) is 0 Å². The molecule has 0 N–H and O–H groups in total. The van der Waals surface area contributed by atoms with Crippen LogP contribution in [-0.2, 0) is 11.8 Å². The number of rotatable bonds is 10. The Labute approximate surface area is 459 Å². The predicted octanol–water partition coefficient (Wildman–Crippen LogP) is 18.2. The van der Waals surface area contributed by atoms with E-state index in [1.165, 1.54) is 128 Å². The standard InChI is InChI=1S/C74H60BN3/c1-5-6-25-54-34-23-37-58(51-28-13-8-14-29-51)72(54)78-68-49-57(76-65-40-21-19-35-61(65)62-36-20-22-41-66(62)76)43-44-63(68)75-64-46-55(50-26-11-7-12-27-50)42-45-67(64)77(69-47-56(74(2,3)4)48-70(78)71(69)75)73-59(52-30-15-9-16-31-52)38-24-39-60(73)53-32-17-10-18-33-53/h7-24,26-49H,5-6,25H2,1-4H3. The zero-order chi connectivity index (χ0) is 52.5. The molecule has 1 aromatic heterocycles. The number of hydrogen-bond donors (Lipinski definition) is 0. The van der Waals surface area contributed by atoms with Crippen molar-refractivity contribution < 1.29 is 0 Å². The minimum absolute atomic E-state index is 0.121. The molecule has 374 valence electrons. The van der Waals surface area contributed by atoms with Gasteiger partial charge in [0.2, 0.25) is 0 Å². The number of anilines is 6. The van der Waals surface area contributed by atoms with E-state index in [-0.39, 0.29) is 12.1 Å². The normalized spacial score (nSPS) is 12.7. The summed E-state index contributed by atoms with van der Waals surface area (Å²) in [5.41, 5.74) is 26.6. The molecule has 2 aliphatic heterocycles. The van der Waals surface area contributed by atoms with Crippen LogP contribution < -0.4 is 26.2 Å². The van der Waals surface area contributed by atoms with Gasteiger partial charge in [-0.2, -0.15) is 0 Å². The molecule has 0 unspecified atom stereocenters. The second-order valence-electron chi connectivity index (χ2n) is 22.3. The van der Waals surface area contributed by atoms with E-state index in [0.29, 0.717) is 0 Å². The van der Waals surface area contributed by atoms with Crippen LogP contribution in [0.2, 0.25) is 0 Å². The largest absolute Gasteiger partial charge is 0.310 e. The molecular weight excluding hydrogens is 942 g/mol. The number of para-hydroxylation sites is 4. The first-order valence-corrected chi connectivity index (χ1v) is 27.9. The van der Waals surface area contributed by atoms with E-state index in [4.69, 9.17) is 0 Å². The zero-order valence-corrected chi connectivity index (χ0v) is 44.8. The van der Waals surface area contributed by atoms with Crippen molar-refractivity contribution in [2.45, 2.75) is 52.4 Å². The SMILES string of the molecule is CCCCc1cccc(-c2ccccc2)c1N1c2cc(-n3c4ccccc4c4ccccc43)ccc2B2c3cc(-c4ccccc4)ccc3N(c3c(-c4ccccc4)cccc3-c3ccccc3)c3cc(C(C)(C)C)cc1c32. The average molecular weight is 1000 g/mol. The summed E-state index contributed by atoms with van der Waals surface area (Å²) in [6, 6.07) is 95.6. The van der Waals surface area contributed by atoms with Gasteiger partial charge >= 0.3 is 0 Å². The highest BCUT2D eigenvalue weighted by molar-refractivity contribution is 7.00. The maximum atomic E-state index is 2.72. The first-order valence-electron chi connectivity index (χ1n) is 27.9. The Balaban J connectivity index is 1.16. The van der Waals surface area contributed by atoms with E-state index >= 15 is 0 Å². The molecule has 0 radical (unpaired) electrons. The first-order chi connectivity index (χ1) is 38.3. The molecule has 14 rings (SSSR count). The van der Waals surface area contributed by atoms with Gasteiger partial charge in [0.1, 0.15) is 0 Å². The lowest BCUT2D eigenvalue weighted by atomic mass is 9.33. The summed E-state index contributed by atoms with van der Waals surface area (Å²) in [4.78, 5) is 5.38. The van der Waals surface area contributed by atoms with Crippen molar-refractivity contribution in [3.8, 4) is 50.2 Å². The van der Waals surface area contributed by atoms with Crippen LogP contribution in [0.1, 0.15) is 51.7 Å². The third-order valence-corrected chi connectivity index (χ3v) is 16.5. The lowest BCUT2D eigenvalue weighted by molar-refractivity contribution is 0.590. The summed E-state index contributed by atoms with van der Waals surface area (Å²) in [5.74, 6) is 0. The van der Waals surface area contributed by atoms with E-state index in [0.717, 1.165) is 24.9 Å². The highest BCUT2D eigenvalue weighted by atomic mass is 15.2. The lowest BCUT2D eigenvalue weighted by Gasteiger charge is -2.46. The molecule has 78 heavy (non-hydrogen) atoms. The van der Waals surface area contributed by atoms with Gasteiger partial charge in [-0.3, -0.25) is 0 Å². The quantitative estimate of drug-likeness (QED) is 0.127. The Morgan fingerprint density at radius 2 is 0.885 bits per heavy atom. The first kappa shape index (κ1) is 47.3. The number of unbranched alkanes of at least 4 members (excludes halogenated alkanes) is 1. The monoisotopic (exact) mass is 1000 g/mol. The summed E-state index contributed by atoms with van der Waals surface area (Å²) < 4.78 is 2.49.